The molecule has 35 heavy (non-hydrogen) atoms. The second-order valence-corrected chi connectivity index (χ2v) is 8.97. The molecule has 4 rings (SSSR count). The Balaban J connectivity index is 1.54. The van der Waals surface area contributed by atoms with E-state index in [4.69, 9.17) is 4.74 Å². The first-order chi connectivity index (χ1) is 16.9. The summed E-state index contributed by atoms with van der Waals surface area (Å²) in [4.78, 5) is 27.4. The van der Waals surface area contributed by atoms with Crippen molar-refractivity contribution in [2.45, 2.75) is 52.3 Å². The van der Waals surface area contributed by atoms with Crippen LogP contribution in [0.15, 0.2) is 66.7 Å². The molecular weight excluding hydrogens is 443 g/mol. The monoisotopic (exact) mass is 474 g/mol. The third-order valence-corrected chi connectivity index (χ3v) is 6.40. The van der Waals surface area contributed by atoms with E-state index in [0.717, 1.165) is 23.1 Å². The molecule has 3 aromatic rings. The van der Waals surface area contributed by atoms with Crippen LogP contribution in [0.2, 0.25) is 0 Å². The van der Waals surface area contributed by atoms with Gasteiger partial charge in [-0.1, -0.05) is 55.0 Å². The highest BCUT2D eigenvalue weighted by atomic mass is 19.1. The van der Waals surface area contributed by atoms with E-state index in [9.17, 15) is 14.0 Å². The van der Waals surface area contributed by atoms with Gasteiger partial charge in [0.2, 0.25) is 5.91 Å². The maximum absolute atomic E-state index is 13.4. The van der Waals surface area contributed by atoms with Crippen LogP contribution >= 0.6 is 0 Å². The summed E-state index contributed by atoms with van der Waals surface area (Å²) in [6.45, 7) is 6.49. The smallest absolute Gasteiger partial charge is 0.261 e. The first-order valence-corrected chi connectivity index (χ1v) is 12.0. The summed E-state index contributed by atoms with van der Waals surface area (Å²) in [6.07, 6.45) is 0.473. The average Bonchev–Trinajstić information content (AvgIpc) is 2.86. The Hall–Kier alpha value is -3.67. The number of ether oxygens (including phenoxy) is 1. The van der Waals surface area contributed by atoms with Crippen molar-refractivity contribution in [3.63, 3.8) is 0 Å². The van der Waals surface area contributed by atoms with Crippen LogP contribution in [0.4, 0.5) is 4.39 Å². The number of hydrogen-bond donors (Lipinski definition) is 1. The number of nitrogens with zero attached hydrogens (tertiary/aromatic N) is 1. The van der Waals surface area contributed by atoms with Gasteiger partial charge in [0.15, 0.2) is 6.10 Å². The number of benzene rings is 3. The van der Waals surface area contributed by atoms with E-state index in [1.165, 1.54) is 17.7 Å². The number of nitrogens with one attached hydrogen (secondary N) is 1. The van der Waals surface area contributed by atoms with Gasteiger partial charge in [0.05, 0.1) is 6.04 Å². The molecule has 0 saturated heterocycles. The lowest BCUT2D eigenvalue weighted by molar-refractivity contribution is -0.133. The van der Waals surface area contributed by atoms with Gasteiger partial charge in [-0.25, -0.2) is 4.39 Å². The maximum atomic E-state index is 13.4. The zero-order valence-electron chi connectivity index (χ0n) is 20.4. The maximum Gasteiger partial charge on any atom is 0.261 e. The van der Waals surface area contributed by atoms with E-state index in [2.05, 4.69) is 29.6 Å². The molecule has 0 aliphatic carbocycles. The number of fused-ring (bicyclic) bond motifs is 1. The highest BCUT2D eigenvalue weighted by Crippen LogP contribution is 2.37. The second kappa shape index (κ2) is 10.7. The van der Waals surface area contributed by atoms with E-state index < -0.39 is 6.10 Å². The van der Waals surface area contributed by atoms with Gasteiger partial charge in [-0.05, 0) is 66.8 Å². The van der Waals surface area contributed by atoms with Gasteiger partial charge in [0.1, 0.15) is 11.6 Å². The predicted molar refractivity (Wildman–Crippen MR) is 134 cm³/mol. The largest absolute Gasteiger partial charge is 0.481 e. The van der Waals surface area contributed by atoms with Gasteiger partial charge in [0, 0.05) is 19.5 Å². The normalized spacial score (nSPS) is 15.8. The van der Waals surface area contributed by atoms with Crippen LogP contribution in [0.25, 0.3) is 0 Å². The summed E-state index contributed by atoms with van der Waals surface area (Å²) in [6, 6.07) is 20.0. The molecule has 0 aromatic heterocycles. The number of carbonyl (C=O) groups excluding carboxylic acids is 2. The van der Waals surface area contributed by atoms with Gasteiger partial charge < -0.3 is 15.0 Å². The fourth-order valence-electron chi connectivity index (χ4n) is 4.48. The van der Waals surface area contributed by atoms with Crippen LogP contribution in [-0.4, -0.2) is 29.4 Å². The van der Waals surface area contributed by atoms with Crippen LogP contribution in [-0.2, 0) is 22.6 Å². The van der Waals surface area contributed by atoms with E-state index >= 15 is 0 Å². The van der Waals surface area contributed by atoms with Crippen molar-refractivity contribution in [2.24, 2.45) is 0 Å². The van der Waals surface area contributed by atoms with Crippen molar-refractivity contribution >= 4 is 11.8 Å². The first kappa shape index (κ1) is 24.5. The minimum Gasteiger partial charge on any atom is -0.481 e. The van der Waals surface area contributed by atoms with Gasteiger partial charge in [-0.3, -0.25) is 9.59 Å². The van der Waals surface area contributed by atoms with Gasteiger partial charge in [-0.15, -0.1) is 0 Å². The zero-order chi connectivity index (χ0) is 24.9. The lowest BCUT2D eigenvalue weighted by Gasteiger charge is -2.38. The van der Waals surface area contributed by atoms with Crippen LogP contribution in [0.5, 0.6) is 5.75 Å². The molecule has 0 bridgehead atoms. The van der Waals surface area contributed by atoms with Crippen LogP contribution in [0.3, 0.4) is 0 Å². The summed E-state index contributed by atoms with van der Waals surface area (Å²) < 4.78 is 19.4. The molecule has 1 heterocycles. The number of hydrogen-bond acceptors (Lipinski definition) is 3. The minimum absolute atomic E-state index is 0.109. The summed E-state index contributed by atoms with van der Waals surface area (Å²) >= 11 is 0. The third-order valence-electron chi connectivity index (χ3n) is 6.40. The standard InChI is InChI=1S/C29H31FN2O3/c1-4-27(33)32-15-14-22-12-13-25(17-26(22)28(32)23-10-8-19(2)9-11-23)35-20(3)29(34)31-18-21-6-5-7-24(30)16-21/h5-13,16-17,20,28H,4,14-15,18H2,1-3H3,(H,31,34)/t20-,28-/m0/s1. The Morgan fingerprint density at radius 2 is 1.89 bits per heavy atom. The molecule has 5 nitrogen and oxygen atoms in total. The molecular formula is C29H31FN2O3. The Bertz CT molecular complexity index is 1210. The van der Waals surface area contributed by atoms with Gasteiger partial charge >= 0.3 is 0 Å². The van der Waals surface area contributed by atoms with Crippen molar-refractivity contribution in [2.75, 3.05) is 6.54 Å². The lowest BCUT2D eigenvalue weighted by atomic mass is 9.87. The summed E-state index contributed by atoms with van der Waals surface area (Å²) in [5, 5.41) is 2.79. The minimum atomic E-state index is -0.739. The fourth-order valence-corrected chi connectivity index (χ4v) is 4.48. The Morgan fingerprint density at radius 1 is 1.11 bits per heavy atom. The summed E-state index contributed by atoms with van der Waals surface area (Å²) in [7, 11) is 0. The van der Waals surface area contributed by atoms with Gasteiger partial charge in [-0.2, -0.15) is 0 Å². The van der Waals surface area contributed by atoms with Crippen molar-refractivity contribution in [3.05, 3.63) is 100 Å². The molecule has 0 saturated carbocycles. The fraction of sp³-hybridized carbons (Fsp3) is 0.310. The highest BCUT2D eigenvalue weighted by molar-refractivity contribution is 5.80. The molecule has 1 N–H and O–H groups in total. The molecule has 6 heteroatoms. The SMILES string of the molecule is CCC(=O)N1CCc2ccc(O[C@@H](C)C(=O)NCc3cccc(F)c3)cc2[C@@H]1c1ccc(C)cc1. The molecule has 0 radical (unpaired) electrons. The molecule has 1 aliphatic rings. The zero-order valence-corrected chi connectivity index (χ0v) is 20.4. The number of halogens is 1. The number of carbonyl (C=O) groups is 2. The lowest BCUT2D eigenvalue weighted by Crippen LogP contribution is -2.40. The van der Waals surface area contributed by atoms with E-state index in [1.54, 1.807) is 19.1 Å². The van der Waals surface area contributed by atoms with Crippen molar-refractivity contribution < 1.29 is 18.7 Å². The predicted octanol–water partition coefficient (Wildman–Crippen LogP) is 5.10. The summed E-state index contributed by atoms with van der Waals surface area (Å²) in [5.74, 6) is 0.0522. The van der Waals surface area contributed by atoms with Crippen LogP contribution < -0.4 is 10.1 Å². The summed E-state index contributed by atoms with van der Waals surface area (Å²) in [5.41, 5.74) is 5.09. The topological polar surface area (TPSA) is 58.6 Å². The van der Waals surface area contributed by atoms with E-state index in [-0.39, 0.29) is 30.2 Å². The van der Waals surface area contributed by atoms with Crippen LogP contribution in [0.1, 0.15) is 54.1 Å². The van der Waals surface area contributed by atoms with E-state index in [1.807, 2.05) is 36.9 Å². The molecule has 182 valence electrons. The second-order valence-electron chi connectivity index (χ2n) is 8.97. The molecule has 0 unspecified atom stereocenters. The Morgan fingerprint density at radius 3 is 2.60 bits per heavy atom. The number of amides is 2. The highest BCUT2D eigenvalue weighted by Gasteiger charge is 2.32. The number of rotatable bonds is 7. The quantitative estimate of drug-likeness (QED) is 0.518. The molecule has 2 atom stereocenters. The molecule has 2 amide bonds. The first-order valence-electron chi connectivity index (χ1n) is 12.0. The number of aryl methyl sites for hydroxylation is 1. The van der Waals surface area contributed by atoms with Crippen molar-refractivity contribution in [3.8, 4) is 5.75 Å². The average molecular weight is 475 g/mol. The van der Waals surface area contributed by atoms with Crippen molar-refractivity contribution in [1.29, 1.82) is 0 Å². The molecule has 0 fully saturated rings. The van der Waals surface area contributed by atoms with Crippen molar-refractivity contribution in [1.82, 2.24) is 10.2 Å². The van der Waals surface area contributed by atoms with Gasteiger partial charge in [0.25, 0.3) is 5.91 Å². The van der Waals surface area contributed by atoms with E-state index in [0.29, 0.717) is 24.3 Å². The molecule has 1 aliphatic heterocycles. The van der Waals surface area contributed by atoms with Crippen LogP contribution in [0, 0.1) is 12.7 Å². The molecule has 3 aromatic carbocycles. The third kappa shape index (κ3) is 5.70. The Kier molecular flexibility index (Phi) is 7.49. The molecule has 0 spiro atoms. The Labute approximate surface area is 205 Å².